The molecule has 0 saturated carbocycles. The second-order valence-corrected chi connectivity index (χ2v) is 6.36. The highest BCUT2D eigenvalue weighted by Crippen LogP contribution is 2.28. The van der Waals surface area contributed by atoms with Gasteiger partial charge in [-0.15, -0.1) is 0 Å². The van der Waals surface area contributed by atoms with Crippen molar-refractivity contribution in [3.63, 3.8) is 0 Å². The highest BCUT2D eigenvalue weighted by atomic mass is 79.9. The van der Waals surface area contributed by atoms with Crippen LogP contribution in [-0.2, 0) is 0 Å². The first-order valence-corrected chi connectivity index (χ1v) is 7.54. The zero-order valence-electron chi connectivity index (χ0n) is 10.9. The molecule has 0 fully saturated rings. The smallest absolute Gasteiger partial charge is 0.139 e. The predicted molar refractivity (Wildman–Crippen MR) is 86.4 cm³/mol. The molecule has 0 amide bonds. The average molecular weight is 358 g/mol. The molecule has 0 atom stereocenters. The molecule has 2 rings (SSSR count). The Morgan fingerprint density at radius 3 is 2.58 bits per heavy atom. The van der Waals surface area contributed by atoms with Crippen LogP contribution in [0.5, 0.6) is 0 Å². The summed E-state index contributed by atoms with van der Waals surface area (Å²) in [5.74, 6) is 1.13. The number of hydrogen-bond acceptors (Lipinski definition) is 2. The zero-order valence-corrected chi connectivity index (χ0v) is 14.1. The van der Waals surface area contributed by atoms with Gasteiger partial charge in [0.1, 0.15) is 10.5 Å². The summed E-state index contributed by atoms with van der Waals surface area (Å²) in [5.41, 5.74) is 3.13. The molecule has 0 unspecified atom stereocenters. The minimum atomic E-state index is 0.363. The van der Waals surface area contributed by atoms with E-state index >= 15 is 0 Å². The van der Waals surface area contributed by atoms with Crippen LogP contribution in [0, 0.1) is 11.6 Å². The van der Waals surface area contributed by atoms with E-state index in [4.69, 9.17) is 23.8 Å². The molecule has 5 heteroatoms. The van der Waals surface area contributed by atoms with Gasteiger partial charge in [-0.1, -0.05) is 37.7 Å². The van der Waals surface area contributed by atoms with Crippen LogP contribution >= 0.6 is 39.7 Å². The van der Waals surface area contributed by atoms with Gasteiger partial charge in [0.2, 0.25) is 0 Å². The first kappa shape index (κ1) is 14.7. The largest absolute Gasteiger partial charge is 0.343 e. The van der Waals surface area contributed by atoms with Crippen molar-refractivity contribution < 1.29 is 0 Å². The lowest BCUT2D eigenvalue weighted by atomic mass is 10.0. The summed E-state index contributed by atoms with van der Waals surface area (Å²) in [6.07, 6.45) is 0. The van der Waals surface area contributed by atoms with E-state index in [1.165, 1.54) is 0 Å². The first-order valence-electron chi connectivity index (χ1n) is 5.96. The van der Waals surface area contributed by atoms with Crippen LogP contribution in [0.3, 0.4) is 0 Å². The van der Waals surface area contributed by atoms with Gasteiger partial charge in [-0.05, 0) is 47.0 Å². The molecule has 1 aromatic carbocycles. The number of benzene rings is 1. The second-order valence-electron chi connectivity index (χ2n) is 4.71. The van der Waals surface area contributed by atoms with Crippen LogP contribution in [0.15, 0.2) is 22.7 Å². The fraction of sp³-hybridized carbons (Fsp3) is 0.286. The fourth-order valence-corrected chi connectivity index (χ4v) is 3.03. The first-order chi connectivity index (χ1) is 8.90. The number of rotatable bonds is 2. The second kappa shape index (κ2) is 5.73. The zero-order chi connectivity index (χ0) is 14.2. The van der Waals surface area contributed by atoms with Crippen LogP contribution in [0.1, 0.15) is 31.0 Å². The van der Waals surface area contributed by atoms with Gasteiger partial charge in [-0.25, -0.2) is 4.98 Å². The van der Waals surface area contributed by atoms with E-state index in [1.807, 2.05) is 25.1 Å². The number of aryl methyl sites for hydroxylation is 1. The van der Waals surface area contributed by atoms with Gasteiger partial charge >= 0.3 is 0 Å². The van der Waals surface area contributed by atoms with Gasteiger partial charge in [0.05, 0.1) is 5.02 Å². The minimum Gasteiger partial charge on any atom is -0.343 e. The molecule has 1 N–H and O–H groups in total. The van der Waals surface area contributed by atoms with Gasteiger partial charge in [0.25, 0.3) is 0 Å². The number of aromatic amines is 1. The number of H-pyrrole nitrogens is 1. The molecule has 1 aromatic heterocycles. The third-order valence-electron chi connectivity index (χ3n) is 2.92. The van der Waals surface area contributed by atoms with E-state index in [2.05, 4.69) is 39.7 Å². The summed E-state index contributed by atoms with van der Waals surface area (Å²) in [6, 6.07) is 5.70. The lowest BCUT2D eigenvalue weighted by Crippen LogP contribution is -2.01. The summed E-state index contributed by atoms with van der Waals surface area (Å²) >= 11 is 14.8. The third-order valence-corrected chi connectivity index (χ3v) is 4.45. The van der Waals surface area contributed by atoms with Crippen molar-refractivity contribution in [2.75, 3.05) is 0 Å². The standard InChI is InChI=1S/C14H14BrClN2S/c1-7(2)12-8(3)17-13(18-14(12)19)9-4-5-11(16)10(15)6-9/h4-7H,1-3H3,(H,17,18,19). The molecule has 0 aliphatic carbocycles. The Balaban J connectivity index is 2.58. The van der Waals surface area contributed by atoms with Gasteiger partial charge in [-0.2, -0.15) is 0 Å². The molecule has 2 aromatic rings. The number of nitrogens with zero attached hydrogens (tertiary/aromatic N) is 1. The normalized spacial score (nSPS) is 11.1. The molecular weight excluding hydrogens is 344 g/mol. The Hall–Kier alpha value is -0.710. The molecule has 1 heterocycles. The minimum absolute atomic E-state index is 0.363. The van der Waals surface area contributed by atoms with Crippen molar-refractivity contribution in [1.82, 2.24) is 9.97 Å². The van der Waals surface area contributed by atoms with Crippen molar-refractivity contribution in [2.24, 2.45) is 0 Å². The Kier molecular flexibility index (Phi) is 4.43. The van der Waals surface area contributed by atoms with E-state index in [0.29, 0.717) is 15.6 Å². The van der Waals surface area contributed by atoms with E-state index in [9.17, 15) is 0 Å². The average Bonchev–Trinajstić information content (AvgIpc) is 2.31. The van der Waals surface area contributed by atoms with Crippen molar-refractivity contribution in [3.05, 3.63) is 43.6 Å². The molecule has 0 aliphatic heterocycles. The van der Waals surface area contributed by atoms with E-state index in [-0.39, 0.29) is 0 Å². The van der Waals surface area contributed by atoms with Crippen LogP contribution in [-0.4, -0.2) is 9.97 Å². The maximum absolute atomic E-state index is 6.00. The third kappa shape index (κ3) is 3.07. The Labute approximate surface area is 131 Å². The number of nitrogens with one attached hydrogen (secondary N) is 1. The molecular formula is C14H14BrClN2S. The molecule has 2 nitrogen and oxygen atoms in total. The molecule has 19 heavy (non-hydrogen) atoms. The molecule has 0 saturated heterocycles. The quantitative estimate of drug-likeness (QED) is 0.703. The van der Waals surface area contributed by atoms with Gasteiger partial charge in [-0.3, -0.25) is 0 Å². The predicted octanol–water partition coefficient (Wildman–Crippen LogP) is 5.65. The molecule has 0 spiro atoms. The number of hydrogen-bond donors (Lipinski definition) is 1. The Morgan fingerprint density at radius 2 is 2.05 bits per heavy atom. The van der Waals surface area contributed by atoms with Gasteiger partial charge < -0.3 is 4.98 Å². The summed E-state index contributed by atoms with van der Waals surface area (Å²) in [6.45, 7) is 6.26. The van der Waals surface area contributed by atoms with Crippen molar-refractivity contribution in [3.8, 4) is 11.4 Å². The maximum atomic E-state index is 6.00. The van der Waals surface area contributed by atoms with Crippen molar-refractivity contribution in [2.45, 2.75) is 26.7 Å². The Morgan fingerprint density at radius 1 is 1.37 bits per heavy atom. The van der Waals surface area contributed by atoms with E-state index in [0.717, 1.165) is 27.1 Å². The van der Waals surface area contributed by atoms with E-state index in [1.54, 1.807) is 0 Å². The summed E-state index contributed by atoms with van der Waals surface area (Å²) in [5, 5.41) is 0.679. The maximum Gasteiger partial charge on any atom is 0.139 e. The van der Waals surface area contributed by atoms with Crippen LogP contribution in [0.25, 0.3) is 11.4 Å². The van der Waals surface area contributed by atoms with Crippen LogP contribution in [0.2, 0.25) is 5.02 Å². The van der Waals surface area contributed by atoms with Crippen molar-refractivity contribution in [1.29, 1.82) is 0 Å². The monoisotopic (exact) mass is 356 g/mol. The highest BCUT2D eigenvalue weighted by molar-refractivity contribution is 9.10. The van der Waals surface area contributed by atoms with Crippen molar-refractivity contribution >= 4 is 39.7 Å². The summed E-state index contributed by atoms with van der Waals surface area (Å²) < 4.78 is 1.51. The number of halogens is 2. The van der Waals surface area contributed by atoms with Crippen LogP contribution in [0.4, 0.5) is 0 Å². The molecule has 0 radical (unpaired) electrons. The lowest BCUT2D eigenvalue weighted by Gasteiger charge is -2.12. The highest BCUT2D eigenvalue weighted by Gasteiger charge is 2.10. The van der Waals surface area contributed by atoms with E-state index < -0.39 is 0 Å². The van der Waals surface area contributed by atoms with Gasteiger partial charge in [0, 0.05) is 21.3 Å². The number of aromatic nitrogens is 2. The van der Waals surface area contributed by atoms with Crippen LogP contribution < -0.4 is 0 Å². The summed E-state index contributed by atoms with van der Waals surface area (Å²) in [4.78, 5) is 7.81. The molecule has 100 valence electrons. The molecule has 0 bridgehead atoms. The topological polar surface area (TPSA) is 28.7 Å². The SMILES string of the molecule is Cc1[nH]c(-c2ccc(Cl)c(Br)c2)nc(=S)c1C(C)C. The fourth-order valence-electron chi connectivity index (χ4n) is 2.06. The molecule has 0 aliphatic rings. The Bertz CT molecular complexity index is 680. The summed E-state index contributed by atoms with van der Waals surface area (Å²) in [7, 11) is 0. The van der Waals surface area contributed by atoms with Gasteiger partial charge in [0.15, 0.2) is 0 Å². The lowest BCUT2D eigenvalue weighted by molar-refractivity contribution is 0.825.